The molecule has 0 unspecified atom stereocenters. The average Bonchev–Trinajstić information content (AvgIpc) is 2.77. The highest BCUT2D eigenvalue weighted by molar-refractivity contribution is 7.99. The molecule has 1 heterocycles. The van der Waals surface area contributed by atoms with Crippen LogP contribution in [0.15, 0.2) is 24.3 Å². The molecule has 0 aromatic heterocycles. The molecule has 0 aliphatic carbocycles. The molecule has 1 aromatic carbocycles. The van der Waals surface area contributed by atoms with Gasteiger partial charge in [-0.15, -0.1) is 11.8 Å². The Bertz CT molecular complexity index is 595. The summed E-state index contributed by atoms with van der Waals surface area (Å²) in [6.07, 6.45) is -0.0327. The second-order valence-corrected chi connectivity index (χ2v) is 5.40. The van der Waals surface area contributed by atoms with Crippen molar-refractivity contribution in [2.45, 2.75) is 6.42 Å². The highest BCUT2D eigenvalue weighted by Crippen LogP contribution is 2.22. The molecule has 0 spiro atoms. The monoisotopic (exact) mass is 323 g/mol. The van der Waals surface area contributed by atoms with Gasteiger partial charge in [-0.25, -0.2) is 4.79 Å². The second-order valence-electron chi connectivity index (χ2n) is 4.29. The lowest BCUT2D eigenvalue weighted by molar-refractivity contribution is -0.167. The van der Waals surface area contributed by atoms with E-state index in [1.807, 2.05) is 0 Å². The number of nitrogens with zero attached hydrogens (tertiary/aromatic N) is 1. The fourth-order valence-electron chi connectivity index (χ4n) is 1.77. The van der Waals surface area contributed by atoms with Crippen molar-refractivity contribution in [1.29, 1.82) is 0 Å². The molecule has 0 saturated carbocycles. The Hall–Kier alpha value is -2.35. The van der Waals surface area contributed by atoms with Crippen molar-refractivity contribution in [3.8, 4) is 0 Å². The number of fused-ring (bicyclic) bond motifs is 1. The zero-order valence-corrected chi connectivity index (χ0v) is 12.6. The number of thioether (sulfide) groups is 1. The Morgan fingerprint density at radius 1 is 1.09 bits per heavy atom. The summed E-state index contributed by atoms with van der Waals surface area (Å²) in [5.41, 5.74) is 0.417. The molecule has 8 heteroatoms. The fourth-order valence-corrected chi connectivity index (χ4v) is 2.51. The van der Waals surface area contributed by atoms with Gasteiger partial charge in [0.05, 0.1) is 30.4 Å². The molecule has 0 N–H and O–H groups in total. The first-order chi connectivity index (χ1) is 10.5. The standard InChI is InChI=1S/C14H13NO6S/c1-20-12(17)8-22-7-6-11(16)21-15-13(18)9-4-2-3-5-10(9)14(15)19/h2-5H,6-8H2,1H3. The van der Waals surface area contributed by atoms with Crippen molar-refractivity contribution in [2.75, 3.05) is 18.6 Å². The van der Waals surface area contributed by atoms with E-state index >= 15 is 0 Å². The Morgan fingerprint density at radius 2 is 1.68 bits per heavy atom. The van der Waals surface area contributed by atoms with Crippen LogP contribution < -0.4 is 0 Å². The zero-order valence-electron chi connectivity index (χ0n) is 11.7. The van der Waals surface area contributed by atoms with Gasteiger partial charge in [-0.3, -0.25) is 14.4 Å². The van der Waals surface area contributed by atoms with Crippen molar-refractivity contribution < 1.29 is 28.8 Å². The largest absolute Gasteiger partial charge is 0.468 e. The third-order valence-corrected chi connectivity index (χ3v) is 3.78. The predicted octanol–water partition coefficient (Wildman–Crippen LogP) is 1.04. The normalized spacial score (nSPS) is 13.0. The van der Waals surface area contributed by atoms with Crippen LogP contribution in [0.1, 0.15) is 27.1 Å². The van der Waals surface area contributed by atoms with Gasteiger partial charge in [0, 0.05) is 5.75 Å². The van der Waals surface area contributed by atoms with Gasteiger partial charge in [0.2, 0.25) is 0 Å². The first-order valence-corrected chi connectivity index (χ1v) is 7.53. The minimum atomic E-state index is -0.716. The van der Waals surface area contributed by atoms with E-state index in [9.17, 15) is 19.2 Å². The maximum atomic E-state index is 12.0. The second kappa shape index (κ2) is 7.08. The molecule has 2 amide bonds. The SMILES string of the molecule is COC(=O)CSCCC(=O)ON1C(=O)c2ccccc2C1=O. The first-order valence-electron chi connectivity index (χ1n) is 6.37. The molecular formula is C14H13NO6S. The number of benzene rings is 1. The van der Waals surface area contributed by atoms with Crippen molar-refractivity contribution >= 4 is 35.5 Å². The molecule has 0 fully saturated rings. The van der Waals surface area contributed by atoms with Gasteiger partial charge >= 0.3 is 11.9 Å². The maximum absolute atomic E-state index is 12.0. The smallest absolute Gasteiger partial charge is 0.334 e. The predicted molar refractivity (Wildman–Crippen MR) is 77.0 cm³/mol. The molecule has 0 saturated heterocycles. The van der Waals surface area contributed by atoms with E-state index in [1.54, 1.807) is 12.1 Å². The molecule has 22 heavy (non-hydrogen) atoms. The number of methoxy groups -OCH3 is 1. The number of rotatable bonds is 6. The number of carbonyl (C=O) groups excluding carboxylic acids is 4. The van der Waals surface area contributed by atoms with Gasteiger partial charge in [0.25, 0.3) is 11.8 Å². The van der Waals surface area contributed by atoms with E-state index < -0.39 is 23.8 Å². The van der Waals surface area contributed by atoms with E-state index in [2.05, 4.69) is 4.74 Å². The molecule has 1 aliphatic rings. The van der Waals surface area contributed by atoms with Crippen LogP contribution in [0.25, 0.3) is 0 Å². The number of hydrogen-bond acceptors (Lipinski definition) is 7. The number of hydroxylamine groups is 2. The summed E-state index contributed by atoms with van der Waals surface area (Å²) in [5, 5.41) is 0.470. The summed E-state index contributed by atoms with van der Waals surface area (Å²) < 4.78 is 4.46. The molecule has 0 radical (unpaired) electrons. The van der Waals surface area contributed by atoms with Gasteiger partial charge in [-0.1, -0.05) is 17.2 Å². The zero-order chi connectivity index (χ0) is 16.1. The average molecular weight is 323 g/mol. The topological polar surface area (TPSA) is 90.0 Å². The molecule has 7 nitrogen and oxygen atoms in total. The van der Waals surface area contributed by atoms with Crippen LogP contribution in [0.5, 0.6) is 0 Å². The molecule has 1 aliphatic heterocycles. The fraction of sp³-hybridized carbons (Fsp3) is 0.286. The number of carbonyl (C=O) groups is 4. The lowest BCUT2D eigenvalue weighted by Crippen LogP contribution is -2.32. The van der Waals surface area contributed by atoms with Crippen molar-refractivity contribution in [3.05, 3.63) is 35.4 Å². The van der Waals surface area contributed by atoms with E-state index in [-0.39, 0.29) is 23.3 Å². The highest BCUT2D eigenvalue weighted by atomic mass is 32.2. The molecule has 1 aromatic rings. The van der Waals surface area contributed by atoms with Crippen LogP contribution in [-0.4, -0.2) is 47.4 Å². The van der Waals surface area contributed by atoms with Crippen molar-refractivity contribution in [3.63, 3.8) is 0 Å². The summed E-state index contributed by atoms with van der Waals surface area (Å²) >= 11 is 1.20. The lowest BCUT2D eigenvalue weighted by atomic mass is 10.1. The lowest BCUT2D eigenvalue weighted by Gasteiger charge is -2.12. The van der Waals surface area contributed by atoms with Gasteiger partial charge < -0.3 is 9.57 Å². The molecule has 2 rings (SSSR count). The van der Waals surface area contributed by atoms with Crippen LogP contribution in [0.4, 0.5) is 0 Å². The van der Waals surface area contributed by atoms with Crippen molar-refractivity contribution in [1.82, 2.24) is 5.06 Å². The Balaban J connectivity index is 1.85. The minimum Gasteiger partial charge on any atom is -0.468 e. The van der Waals surface area contributed by atoms with Gasteiger partial charge in [-0.05, 0) is 12.1 Å². The summed E-state index contributed by atoms with van der Waals surface area (Å²) in [4.78, 5) is 51.3. The third kappa shape index (κ3) is 3.45. The van der Waals surface area contributed by atoms with Crippen LogP contribution >= 0.6 is 11.8 Å². The Morgan fingerprint density at radius 3 is 2.23 bits per heavy atom. The highest BCUT2D eigenvalue weighted by Gasteiger charge is 2.38. The van der Waals surface area contributed by atoms with Gasteiger partial charge in [0.1, 0.15) is 0 Å². The molecule has 116 valence electrons. The van der Waals surface area contributed by atoms with Gasteiger partial charge in [0.15, 0.2) is 0 Å². The molecule has 0 bridgehead atoms. The van der Waals surface area contributed by atoms with E-state index in [4.69, 9.17) is 4.84 Å². The van der Waals surface area contributed by atoms with E-state index in [0.717, 1.165) is 0 Å². The number of esters is 1. The van der Waals surface area contributed by atoms with Gasteiger partial charge in [-0.2, -0.15) is 0 Å². The first kappa shape index (κ1) is 16.0. The van der Waals surface area contributed by atoms with Crippen molar-refractivity contribution in [2.24, 2.45) is 0 Å². The number of hydrogen-bond donors (Lipinski definition) is 0. The number of amides is 2. The quantitative estimate of drug-likeness (QED) is 0.439. The van der Waals surface area contributed by atoms with Crippen LogP contribution in [-0.2, 0) is 19.2 Å². The minimum absolute atomic E-state index is 0.0327. The van der Waals surface area contributed by atoms with E-state index in [1.165, 1.54) is 31.0 Å². The number of imide groups is 1. The maximum Gasteiger partial charge on any atom is 0.334 e. The Kier molecular flexibility index (Phi) is 5.16. The molecule has 0 atom stereocenters. The van der Waals surface area contributed by atoms with Crippen LogP contribution in [0.3, 0.4) is 0 Å². The summed E-state index contributed by atoms with van der Waals surface area (Å²) in [6, 6.07) is 6.24. The van der Waals surface area contributed by atoms with Crippen LogP contribution in [0, 0.1) is 0 Å². The Labute approximate surface area is 130 Å². The number of ether oxygens (including phenoxy) is 1. The summed E-state index contributed by atoms with van der Waals surface area (Å²) in [7, 11) is 1.28. The van der Waals surface area contributed by atoms with E-state index in [0.29, 0.717) is 10.8 Å². The summed E-state index contributed by atoms with van der Waals surface area (Å²) in [6.45, 7) is 0. The third-order valence-electron chi connectivity index (χ3n) is 2.85. The van der Waals surface area contributed by atoms with Crippen LogP contribution in [0.2, 0.25) is 0 Å². The molecular weight excluding hydrogens is 310 g/mol. The summed E-state index contributed by atoms with van der Waals surface area (Å²) in [5.74, 6) is -1.98.